The maximum absolute atomic E-state index is 13.6. The van der Waals surface area contributed by atoms with Crippen LogP contribution in [0.4, 0.5) is 21.8 Å². The van der Waals surface area contributed by atoms with Gasteiger partial charge in [-0.2, -0.15) is 4.98 Å². The fraction of sp³-hybridized carbons (Fsp3) is 0.448. The molecule has 1 aliphatic rings. The minimum Gasteiger partial charge on any atom is -0.378 e. The van der Waals surface area contributed by atoms with Gasteiger partial charge >= 0.3 is 0 Å². The van der Waals surface area contributed by atoms with Gasteiger partial charge in [0.15, 0.2) is 0 Å². The molecule has 2 N–H and O–H groups in total. The van der Waals surface area contributed by atoms with Crippen molar-refractivity contribution in [2.75, 3.05) is 70.8 Å². The van der Waals surface area contributed by atoms with E-state index in [-0.39, 0.29) is 17.6 Å². The molecule has 1 aliphatic heterocycles. The molecule has 2 aromatic rings. The predicted octanol–water partition coefficient (Wildman–Crippen LogP) is 2.41. The normalized spacial score (nSPS) is 14.0. The fourth-order valence-corrected chi connectivity index (χ4v) is 3.78. The van der Waals surface area contributed by atoms with Gasteiger partial charge in [-0.3, -0.25) is 9.59 Å². The summed E-state index contributed by atoms with van der Waals surface area (Å²) in [6.07, 6.45) is 6.13. The van der Waals surface area contributed by atoms with Crippen molar-refractivity contribution in [2.45, 2.75) is 25.8 Å². The molecule has 0 saturated carbocycles. The van der Waals surface area contributed by atoms with Crippen molar-refractivity contribution in [2.24, 2.45) is 0 Å². The monoisotopic (exact) mass is 551 g/mol. The van der Waals surface area contributed by atoms with E-state index in [1.54, 1.807) is 38.4 Å². The second-order valence-corrected chi connectivity index (χ2v) is 9.65. The molecular weight excluding hydrogens is 513 g/mol. The summed E-state index contributed by atoms with van der Waals surface area (Å²) in [5, 5.41) is 5.92. The molecule has 1 atom stereocenters. The number of hydrogen-bond acceptors (Lipinski definition) is 8. The molecule has 1 saturated heterocycles. The number of amides is 2. The predicted molar refractivity (Wildman–Crippen MR) is 154 cm³/mol. The Hall–Kier alpha value is -4.01. The number of ether oxygens (including phenoxy) is 1. The Labute approximate surface area is 235 Å². The molecule has 40 heavy (non-hydrogen) atoms. The first kappa shape index (κ1) is 30.5. The Morgan fingerprint density at radius 3 is 2.75 bits per heavy atom. The van der Waals surface area contributed by atoms with Gasteiger partial charge in [0.05, 0.1) is 25.0 Å². The quantitative estimate of drug-likeness (QED) is 0.249. The van der Waals surface area contributed by atoms with Gasteiger partial charge in [0.2, 0.25) is 17.8 Å². The van der Waals surface area contributed by atoms with E-state index in [0.29, 0.717) is 75.3 Å². The number of nitrogens with one attached hydrogen (secondary N) is 2. The third-order valence-corrected chi connectivity index (χ3v) is 6.20. The zero-order valence-corrected chi connectivity index (χ0v) is 23.6. The minimum absolute atomic E-state index is 0.214. The number of nitrogens with zero attached hydrogens (tertiary/aromatic N) is 5. The largest absolute Gasteiger partial charge is 0.378 e. The molecule has 1 aromatic carbocycles. The summed E-state index contributed by atoms with van der Waals surface area (Å²) < 4.78 is 19.1. The smallest absolute Gasteiger partial charge is 0.246 e. The van der Waals surface area contributed by atoms with Crippen molar-refractivity contribution in [1.82, 2.24) is 25.1 Å². The molecular formula is C29H38FN7O3. The molecule has 1 unspecified atom stereocenters. The SMILES string of the molecule is CC(C(=O)NCCCC#Cc1cnc(Nc2cccc(F)c2)nc1N1CCOCC1)N(C)C(=O)C=CCN(C)C. The van der Waals surface area contributed by atoms with Crippen molar-refractivity contribution >= 4 is 29.3 Å². The van der Waals surface area contributed by atoms with E-state index in [4.69, 9.17) is 4.74 Å². The minimum atomic E-state index is -0.588. The number of anilines is 3. The molecule has 0 spiro atoms. The Morgan fingerprint density at radius 1 is 1.25 bits per heavy atom. The van der Waals surface area contributed by atoms with Gasteiger partial charge in [0.25, 0.3) is 0 Å². The molecule has 0 aliphatic carbocycles. The zero-order valence-electron chi connectivity index (χ0n) is 23.6. The van der Waals surface area contributed by atoms with Crippen LogP contribution in [0.1, 0.15) is 25.3 Å². The molecule has 0 radical (unpaired) electrons. The molecule has 11 heteroatoms. The Morgan fingerprint density at radius 2 is 2.02 bits per heavy atom. The average molecular weight is 552 g/mol. The maximum Gasteiger partial charge on any atom is 0.246 e. The molecule has 2 heterocycles. The van der Waals surface area contributed by atoms with E-state index in [1.165, 1.54) is 23.1 Å². The summed E-state index contributed by atoms with van der Waals surface area (Å²) in [6.45, 7) is 5.34. The van der Waals surface area contributed by atoms with Gasteiger partial charge in [0.1, 0.15) is 17.7 Å². The highest BCUT2D eigenvalue weighted by atomic mass is 19.1. The van der Waals surface area contributed by atoms with Crippen LogP contribution in [0.5, 0.6) is 0 Å². The van der Waals surface area contributed by atoms with Gasteiger partial charge in [-0.25, -0.2) is 9.37 Å². The number of carbonyl (C=O) groups is 2. The Bertz CT molecular complexity index is 1240. The number of carbonyl (C=O) groups excluding carboxylic acids is 2. The van der Waals surface area contributed by atoms with Crippen molar-refractivity contribution in [3.05, 3.63) is 54.0 Å². The standard InChI is InChI=1S/C29H38FN7O3/c1-22(36(4)26(38)13-9-15-35(2)3)28(39)31-14-7-5-6-10-23-21-32-29(33-25-12-8-11-24(30)20-25)34-27(23)37-16-18-40-19-17-37/h8-9,11-13,20-22H,5,7,14-19H2,1-4H3,(H,31,39)(H,32,33,34). The molecule has 0 bridgehead atoms. The second-order valence-electron chi connectivity index (χ2n) is 9.65. The zero-order chi connectivity index (χ0) is 28.9. The van der Waals surface area contributed by atoms with Crippen LogP contribution >= 0.6 is 0 Å². The van der Waals surface area contributed by atoms with Crippen LogP contribution in [-0.2, 0) is 14.3 Å². The average Bonchev–Trinajstić information content (AvgIpc) is 2.94. The third-order valence-electron chi connectivity index (χ3n) is 6.20. The van der Waals surface area contributed by atoms with E-state index >= 15 is 0 Å². The molecule has 1 aromatic heterocycles. The first-order valence-electron chi connectivity index (χ1n) is 13.3. The van der Waals surface area contributed by atoms with Crippen LogP contribution < -0.4 is 15.5 Å². The van der Waals surface area contributed by atoms with Crippen molar-refractivity contribution in [3.8, 4) is 11.8 Å². The number of unbranched alkanes of at least 4 members (excludes halogenated alkanes) is 1. The third kappa shape index (κ3) is 9.63. The summed E-state index contributed by atoms with van der Waals surface area (Å²) >= 11 is 0. The molecule has 1 fully saturated rings. The fourth-order valence-electron chi connectivity index (χ4n) is 3.78. The first-order chi connectivity index (χ1) is 19.2. The summed E-state index contributed by atoms with van der Waals surface area (Å²) in [4.78, 5) is 39.3. The summed E-state index contributed by atoms with van der Waals surface area (Å²) in [7, 11) is 5.45. The lowest BCUT2D eigenvalue weighted by atomic mass is 10.2. The van der Waals surface area contributed by atoms with Gasteiger partial charge in [-0.1, -0.05) is 24.0 Å². The van der Waals surface area contributed by atoms with E-state index in [9.17, 15) is 14.0 Å². The number of morpholine rings is 1. The Kier molecular flexibility index (Phi) is 11.9. The number of halogens is 1. The topological polar surface area (TPSA) is 103 Å². The van der Waals surface area contributed by atoms with E-state index in [0.717, 1.165) is 0 Å². The number of aromatic nitrogens is 2. The number of benzene rings is 1. The lowest BCUT2D eigenvalue weighted by Crippen LogP contribution is -2.45. The lowest BCUT2D eigenvalue weighted by molar-refractivity contribution is -0.135. The highest BCUT2D eigenvalue weighted by Gasteiger charge is 2.20. The lowest BCUT2D eigenvalue weighted by Gasteiger charge is -2.28. The maximum atomic E-state index is 13.6. The van der Waals surface area contributed by atoms with Crippen LogP contribution in [0, 0.1) is 17.7 Å². The van der Waals surface area contributed by atoms with Crippen molar-refractivity contribution in [3.63, 3.8) is 0 Å². The summed E-state index contributed by atoms with van der Waals surface area (Å²) in [5.74, 6) is 6.58. The molecule has 10 nitrogen and oxygen atoms in total. The van der Waals surface area contributed by atoms with Crippen LogP contribution in [0.3, 0.4) is 0 Å². The molecule has 3 rings (SSSR count). The van der Waals surface area contributed by atoms with Crippen LogP contribution in [0.25, 0.3) is 0 Å². The highest BCUT2D eigenvalue weighted by Crippen LogP contribution is 2.22. The summed E-state index contributed by atoms with van der Waals surface area (Å²) in [5.41, 5.74) is 1.24. The number of likely N-dealkylation sites (N-methyl/N-ethyl adjacent to an activating group) is 2. The van der Waals surface area contributed by atoms with Crippen molar-refractivity contribution in [1.29, 1.82) is 0 Å². The van der Waals surface area contributed by atoms with Crippen molar-refractivity contribution < 1.29 is 18.7 Å². The van der Waals surface area contributed by atoms with Crippen LogP contribution in [0.15, 0.2) is 42.6 Å². The van der Waals surface area contributed by atoms with Gasteiger partial charge < -0.3 is 30.1 Å². The van der Waals surface area contributed by atoms with Gasteiger partial charge in [-0.05, 0) is 45.6 Å². The summed E-state index contributed by atoms with van der Waals surface area (Å²) in [6, 6.07) is 5.53. The highest BCUT2D eigenvalue weighted by molar-refractivity contribution is 5.92. The van der Waals surface area contributed by atoms with E-state index in [1.807, 2.05) is 19.0 Å². The molecule has 2 amide bonds. The van der Waals surface area contributed by atoms with Gasteiger partial charge in [0, 0.05) is 51.4 Å². The van der Waals surface area contributed by atoms with E-state index in [2.05, 4.69) is 37.3 Å². The molecule has 214 valence electrons. The van der Waals surface area contributed by atoms with Crippen LogP contribution in [-0.4, -0.2) is 98.2 Å². The Balaban J connectivity index is 1.54. The van der Waals surface area contributed by atoms with Crippen LogP contribution in [0.2, 0.25) is 0 Å². The second kappa shape index (κ2) is 15.5. The van der Waals surface area contributed by atoms with Gasteiger partial charge in [-0.15, -0.1) is 0 Å². The first-order valence-corrected chi connectivity index (χ1v) is 13.3. The number of rotatable bonds is 11. The number of hydrogen-bond donors (Lipinski definition) is 2. The van der Waals surface area contributed by atoms with E-state index < -0.39 is 6.04 Å².